The van der Waals surface area contributed by atoms with Gasteiger partial charge in [-0.15, -0.1) is 16.4 Å². The highest BCUT2D eigenvalue weighted by Crippen LogP contribution is 2.25. The normalized spacial score (nSPS) is 16.0. The van der Waals surface area contributed by atoms with E-state index in [0.29, 0.717) is 18.8 Å². The lowest BCUT2D eigenvalue weighted by molar-refractivity contribution is -0.116. The van der Waals surface area contributed by atoms with Crippen molar-refractivity contribution in [2.24, 2.45) is 0 Å². The highest BCUT2D eigenvalue weighted by molar-refractivity contribution is 7.10. The van der Waals surface area contributed by atoms with Gasteiger partial charge in [-0.25, -0.2) is 4.68 Å². The van der Waals surface area contributed by atoms with Crippen LogP contribution < -0.4 is 5.32 Å². The van der Waals surface area contributed by atoms with E-state index in [2.05, 4.69) is 32.0 Å². The second-order valence-corrected chi connectivity index (χ2v) is 8.06. The maximum atomic E-state index is 12.4. The highest BCUT2D eigenvalue weighted by atomic mass is 32.1. The van der Waals surface area contributed by atoms with E-state index < -0.39 is 0 Å². The fourth-order valence-electron chi connectivity index (χ4n) is 3.43. The van der Waals surface area contributed by atoms with Crippen LogP contribution in [0.4, 0.5) is 0 Å². The number of rotatable bonds is 8. The van der Waals surface area contributed by atoms with Crippen LogP contribution in [0.3, 0.4) is 0 Å². The smallest absolute Gasteiger partial charge is 0.244 e. The third kappa shape index (κ3) is 5.63. The SMILES string of the molecule is O=C(/C=C/c1cn(Cc2ccccc2)nn1)NCC(c1cccs1)N1CCOCC1. The lowest BCUT2D eigenvalue weighted by atomic mass is 10.2. The summed E-state index contributed by atoms with van der Waals surface area (Å²) in [5.74, 6) is -0.137. The van der Waals surface area contributed by atoms with Crippen LogP contribution in [0.1, 0.15) is 22.2 Å². The molecule has 1 aliphatic heterocycles. The first-order valence-electron chi connectivity index (χ1n) is 10.0. The molecular weight excluding hydrogens is 398 g/mol. The monoisotopic (exact) mass is 423 g/mol. The lowest BCUT2D eigenvalue weighted by Gasteiger charge is -2.34. The van der Waals surface area contributed by atoms with Gasteiger partial charge in [-0.2, -0.15) is 0 Å². The Bertz CT molecular complexity index is 949. The summed E-state index contributed by atoms with van der Waals surface area (Å²) in [5.41, 5.74) is 1.81. The minimum Gasteiger partial charge on any atom is -0.379 e. The maximum Gasteiger partial charge on any atom is 0.244 e. The van der Waals surface area contributed by atoms with Crippen molar-refractivity contribution < 1.29 is 9.53 Å². The number of benzene rings is 1. The second-order valence-electron chi connectivity index (χ2n) is 7.08. The highest BCUT2D eigenvalue weighted by Gasteiger charge is 2.23. The number of morpholine rings is 1. The van der Waals surface area contributed by atoms with E-state index in [1.165, 1.54) is 11.0 Å². The summed E-state index contributed by atoms with van der Waals surface area (Å²) in [7, 11) is 0. The molecule has 0 bridgehead atoms. The zero-order valence-corrected chi connectivity index (χ0v) is 17.5. The number of hydrogen-bond acceptors (Lipinski definition) is 6. The van der Waals surface area contributed by atoms with Crippen LogP contribution in [-0.4, -0.2) is 58.6 Å². The molecule has 0 aliphatic carbocycles. The lowest BCUT2D eigenvalue weighted by Crippen LogP contribution is -2.43. The van der Waals surface area contributed by atoms with Gasteiger partial charge in [-0.1, -0.05) is 41.6 Å². The minimum atomic E-state index is -0.137. The van der Waals surface area contributed by atoms with Crippen molar-refractivity contribution in [3.8, 4) is 0 Å². The summed E-state index contributed by atoms with van der Waals surface area (Å²) < 4.78 is 7.23. The van der Waals surface area contributed by atoms with Crippen LogP contribution in [-0.2, 0) is 16.1 Å². The van der Waals surface area contributed by atoms with Crippen molar-refractivity contribution >= 4 is 23.3 Å². The molecule has 3 heterocycles. The van der Waals surface area contributed by atoms with Crippen LogP contribution in [0.15, 0.2) is 60.1 Å². The van der Waals surface area contributed by atoms with E-state index in [1.54, 1.807) is 22.1 Å². The molecule has 1 amide bonds. The third-order valence-corrected chi connectivity index (χ3v) is 5.95. The predicted octanol–water partition coefficient (Wildman–Crippen LogP) is 2.59. The van der Waals surface area contributed by atoms with E-state index >= 15 is 0 Å². The predicted molar refractivity (Wildman–Crippen MR) is 117 cm³/mol. The quantitative estimate of drug-likeness (QED) is 0.564. The summed E-state index contributed by atoms with van der Waals surface area (Å²) in [6.45, 7) is 4.42. The molecule has 30 heavy (non-hydrogen) atoms. The van der Waals surface area contributed by atoms with Crippen LogP contribution >= 0.6 is 11.3 Å². The average Bonchev–Trinajstić information content (AvgIpc) is 3.47. The third-order valence-electron chi connectivity index (χ3n) is 4.98. The summed E-state index contributed by atoms with van der Waals surface area (Å²) >= 11 is 1.72. The molecule has 1 N–H and O–H groups in total. The molecule has 1 saturated heterocycles. The van der Waals surface area contributed by atoms with Crippen molar-refractivity contribution in [1.82, 2.24) is 25.2 Å². The summed E-state index contributed by atoms with van der Waals surface area (Å²) in [4.78, 5) is 16.0. The molecular formula is C22H25N5O2S. The second kappa shape index (κ2) is 10.3. The Hall–Kier alpha value is -2.81. The maximum absolute atomic E-state index is 12.4. The zero-order valence-electron chi connectivity index (χ0n) is 16.7. The summed E-state index contributed by atoms with van der Waals surface area (Å²) in [6.07, 6.45) is 5.04. The minimum absolute atomic E-state index is 0.137. The molecule has 1 aliphatic rings. The van der Waals surface area contributed by atoms with Gasteiger partial charge in [-0.05, 0) is 23.1 Å². The van der Waals surface area contributed by atoms with E-state index in [9.17, 15) is 4.79 Å². The molecule has 156 valence electrons. The number of nitrogens with zero attached hydrogens (tertiary/aromatic N) is 4. The van der Waals surface area contributed by atoms with Gasteiger partial charge >= 0.3 is 0 Å². The average molecular weight is 424 g/mol. The van der Waals surface area contributed by atoms with Crippen molar-refractivity contribution in [3.63, 3.8) is 0 Å². The first-order valence-corrected chi connectivity index (χ1v) is 10.9. The van der Waals surface area contributed by atoms with E-state index in [4.69, 9.17) is 4.74 Å². The van der Waals surface area contributed by atoms with Crippen molar-refractivity contribution in [1.29, 1.82) is 0 Å². The van der Waals surface area contributed by atoms with Gasteiger partial charge in [0.05, 0.1) is 32.0 Å². The molecule has 1 atom stereocenters. The van der Waals surface area contributed by atoms with E-state index in [-0.39, 0.29) is 11.9 Å². The number of hydrogen-bond donors (Lipinski definition) is 1. The summed E-state index contributed by atoms with van der Waals surface area (Å²) in [6, 6.07) is 14.4. The molecule has 1 fully saturated rings. The number of amides is 1. The first kappa shape index (κ1) is 20.5. The molecule has 7 nitrogen and oxygen atoms in total. The Morgan fingerprint density at radius 2 is 2.03 bits per heavy atom. The zero-order chi connectivity index (χ0) is 20.6. The Labute approximate surface area is 180 Å². The van der Waals surface area contributed by atoms with Gasteiger partial charge in [0.15, 0.2) is 0 Å². The fraction of sp³-hybridized carbons (Fsp3) is 0.318. The number of aromatic nitrogens is 3. The van der Waals surface area contributed by atoms with Crippen LogP contribution in [0.25, 0.3) is 6.08 Å². The Kier molecular flexibility index (Phi) is 7.02. The number of nitrogens with one attached hydrogen (secondary N) is 1. The first-order chi connectivity index (χ1) is 14.8. The number of ether oxygens (including phenoxy) is 1. The van der Waals surface area contributed by atoms with Gasteiger partial charge in [0.2, 0.25) is 5.91 Å². The van der Waals surface area contributed by atoms with Crippen molar-refractivity contribution in [3.05, 3.63) is 76.3 Å². The van der Waals surface area contributed by atoms with Crippen molar-refractivity contribution in [2.45, 2.75) is 12.6 Å². The molecule has 0 spiro atoms. The molecule has 3 aromatic rings. The fourth-order valence-corrected chi connectivity index (χ4v) is 4.30. The molecule has 2 aromatic heterocycles. The van der Waals surface area contributed by atoms with Crippen LogP contribution in [0.2, 0.25) is 0 Å². The van der Waals surface area contributed by atoms with Crippen LogP contribution in [0, 0.1) is 0 Å². The van der Waals surface area contributed by atoms with E-state index in [1.807, 2.05) is 42.6 Å². The van der Waals surface area contributed by atoms with Gasteiger partial charge in [0, 0.05) is 30.6 Å². The number of carbonyl (C=O) groups excluding carboxylic acids is 1. The van der Waals surface area contributed by atoms with Gasteiger partial charge in [-0.3, -0.25) is 9.69 Å². The molecule has 1 aromatic carbocycles. The van der Waals surface area contributed by atoms with E-state index in [0.717, 1.165) is 31.9 Å². The number of thiophene rings is 1. The molecule has 4 rings (SSSR count). The Balaban J connectivity index is 1.31. The topological polar surface area (TPSA) is 72.3 Å². The van der Waals surface area contributed by atoms with Gasteiger partial charge < -0.3 is 10.1 Å². The molecule has 0 saturated carbocycles. The number of carbonyl (C=O) groups is 1. The van der Waals surface area contributed by atoms with Gasteiger partial charge in [0.25, 0.3) is 0 Å². The Morgan fingerprint density at radius 3 is 2.80 bits per heavy atom. The van der Waals surface area contributed by atoms with Crippen molar-refractivity contribution in [2.75, 3.05) is 32.8 Å². The summed E-state index contributed by atoms with van der Waals surface area (Å²) in [5, 5.41) is 13.3. The molecule has 8 heteroatoms. The molecule has 0 radical (unpaired) electrons. The Morgan fingerprint density at radius 1 is 1.20 bits per heavy atom. The van der Waals surface area contributed by atoms with Gasteiger partial charge in [0.1, 0.15) is 5.69 Å². The standard InChI is InChI=1S/C22H25N5O2S/c28-22(9-8-19-17-27(25-24-19)16-18-5-2-1-3-6-18)23-15-20(21-7-4-14-30-21)26-10-12-29-13-11-26/h1-9,14,17,20H,10-13,15-16H2,(H,23,28)/b9-8+. The van der Waals surface area contributed by atoms with Crippen LogP contribution in [0.5, 0.6) is 0 Å². The largest absolute Gasteiger partial charge is 0.379 e. The molecule has 1 unspecified atom stereocenters.